The fourth-order valence-corrected chi connectivity index (χ4v) is 4.08. The number of aromatic amines is 1. The van der Waals surface area contributed by atoms with Crippen molar-refractivity contribution in [2.24, 2.45) is 0 Å². The highest BCUT2D eigenvalue weighted by Gasteiger charge is 2.26. The maximum Gasteiger partial charge on any atom is 0.322 e. The van der Waals surface area contributed by atoms with Crippen LogP contribution in [-0.4, -0.2) is 37.1 Å². The third-order valence-electron chi connectivity index (χ3n) is 4.37. The summed E-state index contributed by atoms with van der Waals surface area (Å²) >= 11 is 0. The van der Waals surface area contributed by atoms with Crippen molar-refractivity contribution in [1.29, 1.82) is 0 Å². The highest BCUT2D eigenvalue weighted by molar-refractivity contribution is 7.89. The van der Waals surface area contributed by atoms with E-state index in [2.05, 4.69) is 21.5 Å². The smallest absolute Gasteiger partial charge is 0.322 e. The second kappa shape index (κ2) is 8.98. The monoisotopic (exact) mass is 430 g/mol. The number of nitrogens with one attached hydrogen (secondary N) is 2. The molecule has 0 bridgehead atoms. The minimum atomic E-state index is -4.09. The van der Waals surface area contributed by atoms with Gasteiger partial charge in [0.2, 0.25) is 10.0 Å². The van der Waals surface area contributed by atoms with E-state index in [-0.39, 0.29) is 17.9 Å². The van der Waals surface area contributed by atoms with Gasteiger partial charge in [0.15, 0.2) is 0 Å². The summed E-state index contributed by atoms with van der Waals surface area (Å²) in [4.78, 5) is 14.5. The van der Waals surface area contributed by atoms with E-state index in [0.717, 1.165) is 0 Å². The quantitative estimate of drug-likeness (QED) is 0.476. The van der Waals surface area contributed by atoms with Crippen molar-refractivity contribution in [1.82, 2.24) is 9.71 Å². The summed E-state index contributed by atoms with van der Waals surface area (Å²) < 4.78 is 46.2. The molecule has 0 saturated carbocycles. The molecule has 1 atom stereocenters. The van der Waals surface area contributed by atoms with Gasteiger partial charge in [-0.05, 0) is 55.0 Å². The number of hydrogen-bond acceptors (Lipinski definition) is 4. The van der Waals surface area contributed by atoms with Crippen molar-refractivity contribution in [2.75, 3.05) is 6.61 Å². The third-order valence-corrected chi connectivity index (χ3v) is 5.86. The minimum Gasteiger partial charge on any atom is -0.481 e. The number of sulfonamides is 1. The number of carboxylic acid groups (broad SMARTS) is 1. The van der Waals surface area contributed by atoms with E-state index < -0.39 is 27.9 Å². The summed E-state index contributed by atoms with van der Waals surface area (Å²) in [6, 6.07) is 8.24. The zero-order chi connectivity index (χ0) is 21.7. The van der Waals surface area contributed by atoms with Crippen LogP contribution in [-0.2, 0) is 21.2 Å². The van der Waals surface area contributed by atoms with E-state index in [9.17, 15) is 22.7 Å². The Kier molecular flexibility index (Phi) is 6.40. The zero-order valence-corrected chi connectivity index (χ0v) is 16.8. The fourth-order valence-electron chi connectivity index (χ4n) is 2.89. The molecule has 0 aliphatic heterocycles. The summed E-state index contributed by atoms with van der Waals surface area (Å²) in [7, 11) is -4.09. The van der Waals surface area contributed by atoms with E-state index in [0.29, 0.717) is 22.2 Å². The van der Waals surface area contributed by atoms with Crippen LogP contribution in [0, 0.1) is 17.7 Å². The maximum atomic E-state index is 13.3. The van der Waals surface area contributed by atoms with E-state index >= 15 is 0 Å². The Bertz CT molecular complexity index is 1220. The van der Waals surface area contributed by atoms with E-state index in [1.54, 1.807) is 13.1 Å². The summed E-state index contributed by atoms with van der Waals surface area (Å²) in [5, 5.41) is 10.2. The van der Waals surface area contributed by atoms with E-state index in [1.165, 1.54) is 42.5 Å². The summed E-state index contributed by atoms with van der Waals surface area (Å²) in [5.74, 6) is 4.09. The Hall–Kier alpha value is -3.35. The third kappa shape index (κ3) is 4.97. The number of aliphatic carboxylic acids is 1. The van der Waals surface area contributed by atoms with Gasteiger partial charge in [0.05, 0.1) is 4.90 Å². The van der Waals surface area contributed by atoms with Gasteiger partial charge in [0, 0.05) is 23.5 Å². The van der Waals surface area contributed by atoms with Crippen LogP contribution < -0.4 is 9.46 Å². The average Bonchev–Trinajstić information content (AvgIpc) is 3.09. The van der Waals surface area contributed by atoms with Crippen molar-refractivity contribution in [3.63, 3.8) is 0 Å². The standard InChI is InChI=1S/C21H19FN2O5S/c1-2-3-10-29-16-5-7-17(8-6-16)30(27,28)24-20(21(25)26)11-14-13-23-19-12-15(22)4-9-18(14)19/h4-9,12-13,20,23-24H,10-11H2,1H3,(H,25,26)/t20-/m0/s1. The van der Waals surface area contributed by atoms with Gasteiger partial charge in [-0.1, -0.05) is 5.92 Å². The number of halogens is 1. The average molecular weight is 430 g/mol. The minimum absolute atomic E-state index is 0.0938. The second-order valence-corrected chi connectivity index (χ2v) is 8.12. The van der Waals surface area contributed by atoms with Gasteiger partial charge >= 0.3 is 5.97 Å². The Morgan fingerprint density at radius 2 is 2.00 bits per heavy atom. The first kappa shape index (κ1) is 21.4. The molecule has 0 aliphatic rings. The lowest BCUT2D eigenvalue weighted by Gasteiger charge is -2.15. The molecule has 7 nitrogen and oxygen atoms in total. The number of ether oxygens (including phenoxy) is 1. The van der Waals surface area contributed by atoms with Gasteiger partial charge in [-0.3, -0.25) is 4.79 Å². The molecule has 30 heavy (non-hydrogen) atoms. The number of rotatable bonds is 8. The molecule has 0 radical (unpaired) electrons. The van der Waals surface area contributed by atoms with Gasteiger partial charge in [-0.25, -0.2) is 12.8 Å². The predicted molar refractivity (Wildman–Crippen MR) is 109 cm³/mol. The first-order chi connectivity index (χ1) is 14.3. The number of carboxylic acids is 1. The largest absolute Gasteiger partial charge is 0.481 e. The number of H-pyrrole nitrogens is 1. The van der Waals surface area contributed by atoms with Crippen LogP contribution in [0.15, 0.2) is 53.6 Å². The van der Waals surface area contributed by atoms with Gasteiger partial charge < -0.3 is 14.8 Å². The Morgan fingerprint density at radius 1 is 1.27 bits per heavy atom. The normalized spacial score (nSPS) is 12.2. The van der Waals surface area contributed by atoms with Crippen molar-refractivity contribution < 1.29 is 27.4 Å². The van der Waals surface area contributed by atoms with E-state index in [4.69, 9.17) is 4.74 Å². The van der Waals surface area contributed by atoms with Crippen LogP contribution in [0.5, 0.6) is 5.75 Å². The number of carbonyl (C=O) groups is 1. The summed E-state index contributed by atoms with van der Waals surface area (Å²) in [6.45, 7) is 1.86. The van der Waals surface area contributed by atoms with Crippen molar-refractivity contribution in [2.45, 2.75) is 24.3 Å². The highest BCUT2D eigenvalue weighted by Crippen LogP contribution is 2.22. The molecule has 1 aromatic heterocycles. The van der Waals surface area contributed by atoms with Gasteiger partial charge in [0.25, 0.3) is 0 Å². The lowest BCUT2D eigenvalue weighted by molar-refractivity contribution is -0.138. The SMILES string of the molecule is CC#CCOc1ccc(S(=O)(=O)N[C@@H](Cc2c[nH]c3cc(F)ccc23)C(=O)O)cc1. The molecule has 3 aromatic rings. The van der Waals surface area contributed by atoms with Gasteiger partial charge in [-0.2, -0.15) is 4.72 Å². The van der Waals surface area contributed by atoms with Crippen LogP contribution >= 0.6 is 0 Å². The molecule has 0 unspecified atom stereocenters. The Labute approximate surface area is 172 Å². The van der Waals surface area contributed by atoms with Gasteiger partial charge in [-0.15, -0.1) is 5.92 Å². The molecule has 0 aliphatic carbocycles. The van der Waals surface area contributed by atoms with Crippen molar-refractivity contribution >= 4 is 26.9 Å². The maximum absolute atomic E-state index is 13.3. The number of fused-ring (bicyclic) bond motifs is 1. The number of aromatic nitrogens is 1. The molecule has 0 spiro atoms. The lowest BCUT2D eigenvalue weighted by Crippen LogP contribution is -2.42. The van der Waals surface area contributed by atoms with Crippen LogP contribution in [0.2, 0.25) is 0 Å². The fraction of sp³-hybridized carbons (Fsp3) is 0.190. The molecule has 3 N–H and O–H groups in total. The predicted octanol–water partition coefficient (Wildman–Crippen LogP) is 2.68. The molecule has 0 fully saturated rings. The van der Waals surface area contributed by atoms with Gasteiger partial charge in [0.1, 0.15) is 24.2 Å². The van der Waals surface area contributed by atoms with Crippen LogP contribution in [0.4, 0.5) is 4.39 Å². The van der Waals surface area contributed by atoms with Crippen molar-refractivity contribution in [3.05, 3.63) is 60.0 Å². The molecule has 2 aromatic carbocycles. The number of hydrogen-bond donors (Lipinski definition) is 3. The first-order valence-corrected chi connectivity index (χ1v) is 10.4. The first-order valence-electron chi connectivity index (χ1n) is 8.93. The molecular formula is C21H19FN2O5S. The van der Waals surface area contributed by atoms with Crippen LogP contribution in [0.1, 0.15) is 12.5 Å². The number of benzene rings is 2. The zero-order valence-electron chi connectivity index (χ0n) is 16.0. The highest BCUT2D eigenvalue weighted by atomic mass is 32.2. The Morgan fingerprint density at radius 3 is 2.67 bits per heavy atom. The molecular weight excluding hydrogens is 411 g/mol. The van der Waals surface area contributed by atoms with E-state index in [1.807, 2.05) is 0 Å². The summed E-state index contributed by atoms with van der Waals surface area (Å²) in [6.07, 6.45) is 1.43. The van der Waals surface area contributed by atoms with Crippen molar-refractivity contribution in [3.8, 4) is 17.6 Å². The second-order valence-electron chi connectivity index (χ2n) is 6.41. The molecule has 9 heteroatoms. The topological polar surface area (TPSA) is 108 Å². The van der Waals surface area contributed by atoms with Crippen LogP contribution in [0.3, 0.4) is 0 Å². The lowest BCUT2D eigenvalue weighted by atomic mass is 10.1. The molecule has 156 valence electrons. The molecule has 3 rings (SSSR count). The summed E-state index contributed by atoms with van der Waals surface area (Å²) in [5.41, 5.74) is 1.06. The van der Waals surface area contributed by atoms with Crippen LogP contribution in [0.25, 0.3) is 10.9 Å². The Balaban J connectivity index is 1.77. The molecule has 0 amide bonds. The molecule has 0 saturated heterocycles. The molecule has 1 heterocycles.